The van der Waals surface area contributed by atoms with E-state index < -0.39 is 0 Å². The lowest BCUT2D eigenvalue weighted by Gasteiger charge is -2.12. The van der Waals surface area contributed by atoms with Gasteiger partial charge in [0.15, 0.2) is 5.65 Å². The zero-order chi connectivity index (χ0) is 32.0. The molecule has 2 aliphatic carbocycles. The van der Waals surface area contributed by atoms with Crippen LogP contribution in [-0.4, -0.2) is 75.9 Å². The SMILES string of the molecule is COc1nn([C@@H]2C[C@H]2C(=O)N(C)C)cc1-n1cc2c(-c3nc(-c4cc5cn(C)nc5nc4C(C)C)n(C)c3C3CC3)cccc2n1. The molecule has 0 radical (unpaired) electrons. The van der Waals surface area contributed by atoms with Crippen LogP contribution in [0.15, 0.2) is 42.9 Å². The number of ether oxygens (including phenoxy) is 1. The average molecular weight is 619 g/mol. The van der Waals surface area contributed by atoms with Crippen molar-refractivity contribution in [3.05, 3.63) is 54.2 Å². The summed E-state index contributed by atoms with van der Waals surface area (Å²) >= 11 is 0. The van der Waals surface area contributed by atoms with Crippen LogP contribution in [0.1, 0.15) is 62.4 Å². The number of carbonyl (C=O) groups is 1. The zero-order valence-corrected chi connectivity index (χ0v) is 27.3. The number of pyridine rings is 1. The van der Waals surface area contributed by atoms with Crippen molar-refractivity contribution in [2.75, 3.05) is 21.2 Å². The smallest absolute Gasteiger partial charge is 0.258 e. The summed E-state index contributed by atoms with van der Waals surface area (Å²) in [5.41, 5.74) is 7.64. The Morgan fingerprint density at radius 1 is 1.02 bits per heavy atom. The summed E-state index contributed by atoms with van der Waals surface area (Å²) in [7, 11) is 9.25. The first-order valence-electron chi connectivity index (χ1n) is 15.9. The predicted octanol–water partition coefficient (Wildman–Crippen LogP) is 5.23. The van der Waals surface area contributed by atoms with Crippen LogP contribution in [0, 0.1) is 5.92 Å². The number of amides is 1. The standard InChI is InChI=1S/C34H38N10O2/c1-18(2)28-23(13-20-15-41(5)38-31(20)35-28)32-36-29(30(42(32)6)19-11-12-19)21-9-8-10-25-24(21)16-43(37-25)27-17-44(39-33(27)46-7)26-14-22(26)34(45)40(3)4/h8-10,13,15-19,22,26H,11-12,14H2,1-7H3/t22-,26-/m1/s1. The number of hydrogen-bond acceptors (Lipinski definition) is 7. The molecule has 5 aromatic heterocycles. The Hall–Kier alpha value is -5.00. The van der Waals surface area contributed by atoms with Gasteiger partial charge in [-0.25, -0.2) is 14.6 Å². The molecule has 8 rings (SSSR count). The molecule has 2 fully saturated rings. The van der Waals surface area contributed by atoms with Gasteiger partial charge in [-0.3, -0.25) is 14.2 Å². The van der Waals surface area contributed by atoms with Crippen molar-refractivity contribution in [2.45, 2.75) is 51.0 Å². The molecule has 236 valence electrons. The van der Waals surface area contributed by atoms with E-state index in [2.05, 4.69) is 47.8 Å². The molecule has 0 N–H and O–H groups in total. The zero-order valence-electron chi connectivity index (χ0n) is 27.3. The Morgan fingerprint density at radius 2 is 1.83 bits per heavy atom. The summed E-state index contributed by atoms with van der Waals surface area (Å²) in [4.78, 5) is 24.6. The summed E-state index contributed by atoms with van der Waals surface area (Å²) < 4.78 is 13.5. The first kappa shape index (κ1) is 28.5. The summed E-state index contributed by atoms with van der Waals surface area (Å²) in [6.07, 6.45) is 9.04. The third-order valence-corrected chi connectivity index (χ3v) is 9.31. The van der Waals surface area contributed by atoms with E-state index in [1.807, 2.05) is 51.8 Å². The second-order valence-electron chi connectivity index (χ2n) is 13.3. The van der Waals surface area contributed by atoms with E-state index in [1.54, 1.807) is 26.1 Å². The van der Waals surface area contributed by atoms with Crippen LogP contribution in [0.5, 0.6) is 5.88 Å². The van der Waals surface area contributed by atoms with Crippen LogP contribution in [-0.2, 0) is 18.9 Å². The number of imidazole rings is 1. The maximum atomic E-state index is 12.5. The molecule has 1 aromatic carbocycles. The summed E-state index contributed by atoms with van der Waals surface area (Å²) in [6.45, 7) is 4.34. The maximum Gasteiger partial charge on any atom is 0.258 e. The minimum absolute atomic E-state index is 0.0160. The molecule has 0 aliphatic heterocycles. The van der Waals surface area contributed by atoms with Gasteiger partial charge >= 0.3 is 0 Å². The number of aryl methyl sites for hydroxylation is 1. The highest BCUT2D eigenvalue weighted by Crippen LogP contribution is 2.48. The fourth-order valence-electron chi connectivity index (χ4n) is 6.76. The normalized spacial score (nSPS) is 17.8. The van der Waals surface area contributed by atoms with E-state index >= 15 is 0 Å². The topological polar surface area (TPSA) is 114 Å². The molecule has 0 unspecified atom stereocenters. The molecule has 12 heteroatoms. The van der Waals surface area contributed by atoms with Gasteiger partial charge in [-0.15, -0.1) is 5.10 Å². The Morgan fingerprint density at radius 3 is 2.54 bits per heavy atom. The number of aromatic nitrogens is 9. The van der Waals surface area contributed by atoms with E-state index in [-0.39, 0.29) is 23.8 Å². The van der Waals surface area contributed by atoms with E-state index in [1.165, 1.54) is 5.69 Å². The van der Waals surface area contributed by atoms with Crippen LogP contribution >= 0.6 is 0 Å². The summed E-state index contributed by atoms with van der Waals surface area (Å²) in [5, 5.41) is 16.2. The third kappa shape index (κ3) is 4.49. The molecule has 0 saturated heterocycles. The van der Waals surface area contributed by atoms with Crippen molar-refractivity contribution in [1.29, 1.82) is 0 Å². The second kappa shape index (κ2) is 10.3. The Bertz CT molecular complexity index is 2160. The van der Waals surface area contributed by atoms with E-state index in [9.17, 15) is 4.79 Å². The van der Waals surface area contributed by atoms with Crippen molar-refractivity contribution in [3.63, 3.8) is 0 Å². The van der Waals surface area contributed by atoms with Gasteiger partial charge < -0.3 is 14.2 Å². The van der Waals surface area contributed by atoms with Crippen LogP contribution < -0.4 is 4.74 Å². The fourth-order valence-corrected chi connectivity index (χ4v) is 6.76. The molecule has 2 atom stereocenters. The molecular formula is C34H38N10O2. The molecule has 46 heavy (non-hydrogen) atoms. The first-order chi connectivity index (χ1) is 22.1. The molecular weight excluding hydrogens is 580 g/mol. The molecule has 2 aliphatic rings. The molecule has 1 amide bonds. The third-order valence-electron chi connectivity index (χ3n) is 9.31. The fraction of sp³-hybridized carbons (Fsp3) is 0.412. The van der Waals surface area contributed by atoms with Crippen molar-refractivity contribution in [2.24, 2.45) is 20.0 Å². The quantitative estimate of drug-likeness (QED) is 0.230. The molecule has 2 saturated carbocycles. The van der Waals surface area contributed by atoms with Gasteiger partial charge in [0.05, 0.1) is 42.2 Å². The number of rotatable bonds is 8. The van der Waals surface area contributed by atoms with Crippen molar-refractivity contribution >= 4 is 27.8 Å². The van der Waals surface area contributed by atoms with Gasteiger partial charge in [0.1, 0.15) is 11.5 Å². The molecule has 0 bridgehead atoms. The van der Waals surface area contributed by atoms with Crippen LogP contribution in [0.2, 0.25) is 0 Å². The van der Waals surface area contributed by atoms with Crippen LogP contribution in [0.3, 0.4) is 0 Å². The molecule has 12 nitrogen and oxygen atoms in total. The minimum atomic E-state index is -0.0692. The van der Waals surface area contributed by atoms with E-state index in [0.29, 0.717) is 11.8 Å². The lowest BCUT2D eigenvalue weighted by molar-refractivity contribution is -0.130. The molecule has 6 aromatic rings. The minimum Gasteiger partial charge on any atom is -0.478 e. The van der Waals surface area contributed by atoms with Gasteiger partial charge in [-0.2, -0.15) is 10.2 Å². The van der Waals surface area contributed by atoms with E-state index in [4.69, 9.17) is 19.8 Å². The van der Waals surface area contributed by atoms with Crippen molar-refractivity contribution < 1.29 is 9.53 Å². The number of benzene rings is 1. The Kier molecular flexibility index (Phi) is 6.35. The second-order valence-corrected chi connectivity index (χ2v) is 13.3. The van der Waals surface area contributed by atoms with E-state index in [0.717, 1.165) is 75.2 Å². The van der Waals surface area contributed by atoms with Crippen molar-refractivity contribution in [3.8, 4) is 34.2 Å². The van der Waals surface area contributed by atoms with Gasteiger partial charge in [-0.1, -0.05) is 26.0 Å². The molecule has 0 spiro atoms. The summed E-state index contributed by atoms with van der Waals surface area (Å²) in [6, 6.07) is 8.41. The monoisotopic (exact) mass is 618 g/mol. The highest BCUT2D eigenvalue weighted by molar-refractivity contribution is 5.95. The number of methoxy groups -OCH3 is 1. The Balaban J connectivity index is 1.24. The van der Waals surface area contributed by atoms with Crippen LogP contribution in [0.4, 0.5) is 0 Å². The van der Waals surface area contributed by atoms with Gasteiger partial charge in [0.2, 0.25) is 5.91 Å². The van der Waals surface area contributed by atoms with Crippen molar-refractivity contribution in [1.82, 2.24) is 48.8 Å². The highest BCUT2D eigenvalue weighted by atomic mass is 16.5. The highest BCUT2D eigenvalue weighted by Gasteiger charge is 2.46. The number of hydrogen-bond donors (Lipinski definition) is 0. The lowest BCUT2D eigenvalue weighted by Crippen LogP contribution is -2.24. The largest absolute Gasteiger partial charge is 0.478 e. The maximum absolute atomic E-state index is 12.5. The number of nitrogens with zero attached hydrogens (tertiary/aromatic N) is 10. The van der Waals surface area contributed by atoms with Gasteiger partial charge in [-0.05, 0) is 37.3 Å². The number of carbonyl (C=O) groups excluding carboxylic acids is 1. The predicted molar refractivity (Wildman–Crippen MR) is 175 cm³/mol. The first-order valence-corrected chi connectivity index (χ1v) is 15.9. The average Bonchev–Trinajstić information content (AvgIpc) is 3.84. The number of fused-ring (bicyclic) bond motifs is 2. The lowest BCUT2D eigenvalue weighted by atomic mass is 10.0. The van der Waals surface area contributed by atoms with Gasteiger partial charge in [0.25, 0.3) is 5.88 Å². The Labute approximate surface area is 266 Å². The molecule has 5 heterocycles. The van der Waals surface area contributed by atoms with Gasteiger partial charge in [0, 0.05) is 74.1 Å². The summed E-state index contributed by atoms with van der Waals surface area (Å²) in [5.74, 6) is 2.09. The van der Waals surface area contributed by atoms with Crippen LogP contribution in [0.25, 0.3) is 50.3 Å².